The zero-order valence-corrected chi connectivity index (χ0v) is 22.0. The van der Waals surface area contributed by atoms with Gasteiger partial charge in [0.05, 0.1) is 18.2 Å². The fourth-order valence-electron chi connectivity index (χ4n) is 8.33. The van der Waals surface area contributed by atoms with Crippen molar-refractivity contribution in [1.82, 2.24) is 4.90 Å². The summed E-state index contributed by atoms with van der Waals surface area (Å²) in [6.07, 6.45) is 7.17. The maximum absolute atomic E-state index is 13.3. The molecular formula is C28H43NO6. The van der Waals surface area contributed by atoms with Gasteiger partial charge in [0.15, 0.2) is 12.1 Å². The summed E-state index contributed by atoms with van der Waals surface area (Å²) in [5, 5.41) is 22.6. The van der Waals surface area contributed by atoms with Crippen molar-refractivity contribution in [3.05, 3.63) is 24.3 Å². The van der Waals surface area contributed by atoms with E-state index in [9.17, 15) is 19.8 Å². The van der Waals surface area contributed by atoms with E-state index in [0.29, 0.717) is 19.3 Å². The average Bonchev–Trinajstić information content (AvgIpc) is 3.12. The molecule has 7 nitrogen and oxygen atoms in total. The Morgan fingerprint density at radius 1 is 1.20 bits per heavy atom. The lowest BCUT2D eigenvalue weighted by atomic mass is 9.46. The van der Waals surface area contributed by atoms with Gasteiger partial charge in [0.1, 0.15) is 0 Å². The van der Waals surface area contributed by atoms with Crippen molar-refractivity contribution < 1.29 is 29.3 Å². The number of ether oxygens (including phenoxy) is 2. The Hall–Kier alpha value is -1.54. The lowest BCUT2D eigenvalue weighted by molar-refractivity contribution is -0.154. The van der Waals surface area contributed by atoms with Gasteiger partial charge in [-0.3, -0.25) is 9.59 Å². The van der Waals surface area contributed by atoms with Crippen molar-refractivity contribution in [2.75, 3.05) is 20.8 Å². The number of aliphatic hydroxyl groups is 2. The monoisotopic (exact) mass is 489 g/mol. The van der Waals surface area contributed by atoms with Crippen LogP contribution in [0.25, 0.3) is 0 Å². The van der Waals surface area contributed by atoms with E-state index in [2.05, 4.69) is 20.4 Å². The Balaban J connectivity index is 1.67. The summed E-state index contributed by atoms with van der Waals surface area (Å²) in [5.41, 5.74) is -0.883. The number of amides is 1. The first-order valence-electron chi connectivity index (χ1n) is 13.1. The summed E-state index contributed by atoms with van der Waals surface area (Å²) < 4.78 is 10.8. The highest BCUT2D eigenvalue weighted by atomic mass is 16.7. The third-order valence-electron chi connectivity index (χ3n) is 10.5. The molecule has 8 atom stereocenters. The molecule has 0 aromatic heterocycles. The van der Waals surface area contributed by atoms with Crippen LogP contribution in [-0.4, -0.2) is 71.6 Å². The van der Waals surface area contributed by atoms with E-state index >= 15 is 0 Å². The third kappa shape index (κ3) is 3.94. The molecule has 196 valence electrons. The topological polar surface area (TPSA) is 96.3 Å². The quantitative estimate of drug-likeness (QED) is 0.421. The average molecular weight is 490 g/mol. The number of hydrogen-bond donors (Lipinski definition) is 2. The number of carbonyl (C=O) groups excluding carboxylic acids is 2. The molecule has 0 aromatic carbocycles. The first-order chi connectivity index (χ1) is 16.5. The van der Waals surface area contributed by atoms with Crippen LogP contribution < -0.4 is 0 Å². The third-order valence-corrected chi connectivity index (χ3v) is 10.5. The molecule has 3 saturated carbocycles. The van der Waals surface area contributed by atoms with Crippen molar-refractivity contribution >= 4 is 11.7 Å². The van der Waals surface area contributed by atoms with Gasteiger partial charge in [-0.1, -0.05) is 20.4 Å². The Morgan fingerprint density at radius 3 is 2.51 bits per heavy atom. The number of carbonyl (C=O) groups is 2. The van der Waals surface area contributed by atoms with Crippen molar-refractivity contribution in [3.8, 4) is 0 Å². The molecule has 7 unspecified atom stereocenters. The van der Waals surface area contributed by atoms with Gasteiger partial charge >= 0.3 is 0 Å². The van der Waals surface area contributed by atoms with Crippen LogP contribution in [0.4, 0.5) is 0 Å². The number of hydrogen-bond acceptors (Lipinski definition) is 6. The van der Waals surface area contributed by atoms with Gasteiger partial charge in [-0.2, -0.15) is 0 Å². The van der Waals surface area contributed by atoms with Crippen LogP contribution in [0.2, 0.25) is 0 Å². The number of nitrogens with zero attached hydrogens (tertiary/aromatic N) is 1. The normalized spacial score (nSPS) is 41.5. The van der Waals surface area contributed by atoms with Crippen LogP contribution in [0.1, 0.15) is 65.7 Å². The van der Waals surface area contributed by atoms with Gasteiger partial charge in [0.25, 0.3) is 0 Å². The molecule has 0 aliphatic heterocycles. The van der Waals surface area contributed by atoms with Crippen LogP contribution in [0.3, 0.4) is 0 Å². The smallest absolute Gasteiger partial charge is 0.246 e. The predicted octanol–water partition coefficient (Wildman–Crippen LogP) is 3.24. The van der Waals surface area contributed by atoms with E-state index in [1.165, 1.54) is 6.08 Å². The van der Waals surface area contributed by atoms with Gasteiger partial charge in [-0.05, 0) is 86.8 Å². The van der Waals surface area contributed by atoms with E-state index in [1.807, 2.05) is 6.92 Å². The van der Waals surface area contributed by atoms with Crippen molar-refractivity contribution in [2.24, 2.45) is 28.6 Å². The first kappa shape index (κ1) is 26.5. The summed E-state index contributed by atoms with van der Waals surface area (Å²) >= 11 is 0. The largest absolute Gasteiger partial charge is 0.393 e. The van der Waals surface area contributed by atoms with E-state index < -0.39 is 23.4 Å². The van der Waals surface area contributed by atoms with Gasteiger partial charge in [-0.25, -0.2) is 0 Å². The molecule has 7 heteroatoms. The minimum absolute atomic E-state index is 0.0430. The van der Waals surface area contributed by atoms with E-state index in [1.54, 1.807) is 25.2 Å². The molecule has 35 heavy (non-hydrogen) atoms. The minimum Gasteiger partial charge on any atom is -0.393 e. The number of allylic oxidation sites excluding steroid dienone is 1. The van der Waals surface area contributed by atoms with Crippen LogP contribution in [-0.2, 0) is 19.1 Å². The second kappa shape index (κ2) is 9.40. The molecule has 1 amide bonds. The molecule has 4 aliphatic carbocycles. The molecule has 3 fully saturated rings. The summed E-state index contributed by atoms with van der Waals surface area (Å²) in [6.45, 7) is 10.3. The van der Waals surface area contributed by atoms with Crippen LogP contribution in [0, 0.1) is 28.6 Å². The zero-order chi connectivity index (χ0) is 25.8. The van der Waals surface area contributed by atoms with E-state index in [4.69, 9.17) is 9.47 Å². The Bertz CT molecular complexity index is 898. The van der Waals surface area contributed by atoms with Crippen LogP contribution in [0.5, 0.6) is 0 Å². The Labute approximate surface area is 209 Å². The summed E-state index contributed by atoms with van der Waals surface area (Å²) in [4.78, 5) is 27.9. The molecule has 0 saturated heterocycles. The SMILES string of the molecule is C=CC(=O)N(CC(OC)OC)C(C)C1CC[C@@]2(O)C3=CC(=O)C4CC(O)CCC4(C)C3CCC12C. The fourth-order valence-corrected chi connectivity index (χ4v) is 8.33. The lowest BCUT2D eigenvalue weighted by Crippen LogP contribution is -2.60. The zero-order valence-electron chi connectivity index (χ0n) is 22.0. The highest BCUT2D eigenvalue weighted by Gasteiger charge is 2.66. The molecule has 4 rings (SSSR count). The van der Waals surface area contributed by atoms with Crippen LogP contribution >= 0.6 is 0 Å². The standard InChI is InChI=1S/C28H43NO6/c1-7-24(32)29(16-25(34-5)35-6)17(2)19-10-13-28(33)21-15-23(31)22-14-18(30)8-11-26(22,3)20(21)9-12-27(19,28)4/h7,15,17-20,22,25,30,33H,1,8-14,16H2,2-6H3/t17?,18?,19?,20?,22?,26?,27?,28-/m1/s1. The van der Waals surface area contributed by atoms with E-state index in [0.717, 1.165) is 31.3 Å². The predicted molar refractivity (Wildman–Crippen MR) is 132 cm³/mol. The summed E-state index contributed by atoms with van der Waals surface area (Å²) in [5.74, 6) is -0.126. The number of ketones is 1. The second-order valence-electron chi connectivity index (χ2n) is 11.8. The van der Waals surface area contributed by atoms with E-state index in [-0.39, 0.29) is 47.4 Å². The maximum atomic E-state index is 13.3. The Morgan fingerprint density at radius 2 is 1.89 bits per heavy atom. The van der Waals surface area contributed by atoms with Gasteiger partial charge < -0.3 is 24.6 Å². The van der Waals surface area contributed by atoms with Gasteiger partial charge in [0.2, 0.25) is 5.91 Å². The number of aliphatic hydroxyl groups excluding tert-OH is 1. The number of methoxy groups -OCH3 is 2. The molecule has 0 aromatic rings. The molecule has 2 N–H and O–H groups in total. The van der Waals surface area contributed by atoms with Crippen molar-refractivity contribution in [1.29, 1.82) is 0 Å². The Kier molecular flexibility index (Phi) is 7.12. The molecule has 0 spiro atoms. The number of rotatable bonds is 7. The second-order valence-corrected chi connectivity index (χ2v) is 11.8. The minimum atomic E-state index is -1.08. The van der Waals surface area contributed by atoms with Crippen molar-refractivity contribution in [3.63, 3.8) is 0 Å². The van der Waals surface area contributed by atoms with Gasteiger partial charge in [0, 0.05) is 31.6 Å². The van der Waals surface area contributed by atoms with Crippen LogP contribution in [0.15, 0.2) is 24.3 Å². The highest BCUT2D eigenvalue weighted by Crippen LogP contribution is 2.67. The molecule has 0 radical (unpaired) electrons. The van der Waals surface area contributed by atoms with Gasteiger partial charge in [-0.15, -0.1) is 0 Å². The summed E-state index contributed by atoms with van der Waals surface area (Å²) in [7, 11) is 3.11. The molecule has 0 bridgehead atoms. The van der Waals surface area contributed by atoms with Crippen molar-refractivity contribution in [2.45, 2.75) is 89.8 Å². The molecule has 4 aliphatic rings. The number of fused-ring (bicyclic) bond motifs is 5. The molecule has 0 heterocycles. The first-order valence-corrected chi connectivity index (χ1v) is 13.1. The lowest BCUT2D eigenvalue weighted by Gasteiger charge is -2.60. The highest BCUT2D eigenvalue weighted by molar-refractivity contribution is 5.95. The summed E-state index contributed by atoms with van der Waals surface area (Å²) in [6, 6.07) is -0.170. The fraction of sp³-hybridized carbons (Fsp3) is 0.786. The maximum Gasteiger partial charge on any atom is 0.246 e. The molecular weight excluding hydrogens is 446 g/mol.